The van der Waals surface area contributed by atoms with Gasteiger partial charge in [0.25, 0.3) is 0 Å². The van der Waals surface area contributed by atoms with Gasteiger partial charge in [-0.25, -0.2) is 0 Å². The summed E-state index contributed by atoms with van der Waals surface area (Å²) in [5, 5.41) is 0. The number of hydrogen-bond acceptors (Lipinski definition) is 3. The van der Waals surface area contributed by atoms with Gasteiger partial charge < -0.3 is 0 Å². The van der Waals surface area contributed by atoms with Gasteiger partial charge in [-0.3, -0.25) is 9.69 Å². The first-order valence-electron chi connectivity index (χ1n) is 4.82. The van der Waals surface area contributed by atoms with Crippen LogP contribution in [0.15, 0.2) is 15.9 Å². The Bertz CT molecular complexity index is 391. The summed E-state index contributed by atoms with van der Waals surface area (Å²) in [6, 6.07) is 3.41. The molecule has 0 fully saturated rings. The molecule has 0 aliphatic carbocycles. The number of thiophene rings is 1. The van der Waals surface area contributed by atoms with Crippen LogP contribution in [0.4, 0.5) is 13.2 Å². The zero-order chi connectivity index (χ0) is 13.1. The minimum absolute atomic E-state index is 0.00301. The minimum atomic E-state index is -4.18. The molecule has 0 unspecified atom stereocenters. The molecule has 0 N–H and O–H groups in total. The molecule has 17 heavy (non-hydrogen) atoms. The normalized spacial score (nSPS) is 12.1. The van der Waals surface area contributed by atoms with Crippen LogP contribution in [-0.4, -0.2) is 37.0 Å². The highest BCUT2D eigenvalue weighted by atomic mass is 79.9. The fourth-order valence-corrected chi connectivity index (χ4v) is 2.50. The zero-order valence-corrected chi connectivity index (χ0v) is 11.5. The molecular weight excluding hydrogens is 319 g/mol. The van der Waals surface area contributed by atoms with Crippen molar-refractivity contribution in [3.8, 4) is 0 Å². The Labute approximate surface area is 110 Å². The van der Waals surface area contributed by atoms with Crippen molar-refractivity contribution in [2.24, 2.45) is 0 Å². The first-order valence-corrected chi connectivity index (χ1v) is 6.43. The molecule has 1 aromatic rings. The molecule has 0 amide bonds. The van der Waals surface area contributed by atoms with Crippen molar-refractivity contribution in [3.05, 3.63) is 20.8 Å². The Morgan fingerprint density at radius 3 is 2.59 bits per heavy atom. The average Bonchev–Trinajstić information content (AvgIpc) is 2.61. The van der Waals surface area contributed by atoms with E-state index in [1.165, 1.54) is 23.3 Å². The van der Waals surface area contributed by atoms with Crippen LogP contribution < -0.4 is 0 Å². The summed E-state index contributed by atoms with van der Waals surface area (Å²) in [7, 11) is 1.51. The van der Waals surface area contributed by atoms with E-state index < -0.39 is 12.6 Å². The molecule has 0 aliphatic rings. The lowest BCUT2D eigenvalue weighted by Crippen LogP contribution is -2.29. The maximum absolute atomic E-state index is 12.0. The molecule has 0 saturated heterocycles. The van der Waals surface area contributed by atoms with Crippen molar-refractivity contribution in [2.75, 3.05) is 20.1 Å². The number of ketones is 1. The summed E-state index contributed by atoms with van der Waals surface area (Å²) < 4.78 is 36.7. The molecule has 0 spiro atoms. The van der Waals surface area contributed by atoms with E-state index in [0.717, 1.165) is 3.79 Å². The highest BCUT2D eigenvalue weighted by Crippen LogP contribution is 2.23. The SMILES string of the molecule is CN(CCC(F)(F)F)CC(=O)c1ccc(Br)s1. The van der Waals surface area contributed by atoms with Crippen molar-refractivity contribution < 1.29 is 18.0 Å². The smallest absolute Gasteiger partial charge is 0.299 e. The standard InChI is InChI=1S/C10H11BrF3NOS/c1-15(5-4-10(12,13)14)6-7(16)8-2-3-9(11)17-8/h2-3H,4-6H2,1H3. The van der Waals surface area contributed by atoms with E-state index in [0.29, 0.717) is 4.88 Å². The number of carbonyl (C=O) groups is 1. The van der Waals surface area contributed by atoms with Crippen molar-refractivity contribution in [1.82, 2.24) is 4.90 Å². The van der Waals surface area contributed by atoms with Crippen molar-refractivity contribution in [3.63, 3.8) is 0 Å². The van der Waals surface area contributed by atoms with Gasteiger partial charge in [-0.15, -0.1) is 11.3 Å². The lowest BCUT2D eigenvalue weighted by Gasteiger charge is -2.16. The summed E-state index contributed by atoms with van der Waals surface area (Å²) in [5.41, 5.74) is 0. The zero-order valence-electron chi connectivity index (χ0n) is 9.05. The molecule has 0 saturated carbocycles. The van der Waals surface area contributed by atoms with E-state index in [2.05, 4.69) is 15.9 Å². The van der Waals surface area contributed by atoms with Crippen molar-refractivity contribution in [1.29, 1.82) is 0 Å². The van der Waals surface area contributed by atoms with Crippen LogP contribution in [0.1, 0.15) is 16.1 Å². The largest absolute Gasteiger partial charge is 0.390 e. The minimum Gasteiger partial charge on any atom is -0.299 e. The molecule has 1 rings (SSSR count). The van der Waals surface area contributed by atoms with E-state index in [1.54, 1.807) is 12.1 Å². The van der Waals surface area contributed by atoms with Crippen LogP contribution in [0.3, 0.4) is 0 Å². The highest BCUT2D eigenvalue weighted by Gasteiger charge is 2.27. The predicted molar refractivity (Wildman–Crippen MR) is 64.5 cm³/mol. The van der Waals surface area contributed by atoms with Gasteiger partial charge in [0.15, 0.2) is 5.78 Å². The molecule has 0 bridgehead atoms. The molecule has 96 valence electrons. The van der Waals surface area contributed by atoms with Gasteiger partial charge >= 0.3 is 6.18 Å². The second kappa shape index (κ2) is 5.97. The first-order chi connectivity index (χ1) is 7.78. The third-order valence-electron chi connectivity index (χ3n) is 2.04. The monoisotopic (exact) mass is 329 g/mol. The highest BCUT2D eigenvalue weighted by molar-refractivity contribution is 9.11. The molecule has 0 aliphatic heterocycles. The van der Waals surface area contributed by atoms with Crippen LogP contribution in [0, 0.1) is 0 Å². The molecule has 1 heterocycles. The number of carbonyl (C=O) groups excluding carboxylic acids is 1. The first kappa shape index (κ1) is 14.7. The number of Topliss-reactive ketones (excluding diaryl/α,β-unsaturated/α-hetero) is 1. The van der Waals surface area contributed by atoms with Crippen LogP contribution >= 0.6 is 27.3 Å². The van der Waals surface area contributed by atoms with Crippen molar-refractivity contribution >= 4 is 33.0 Å². The lowest BCUT2D eigenvalue weighted by atomic mass is 10.3. The third kappa shape index (κ3) is 5.65. The molecule has 0 atom stereocenters. The fraction of sp³-hybridized carbons (Fsp3) is 0.500. The summed E-state index contributed by atoms with van der Waals surface area (Å²) in [6.45, 7) is -0.162. The summed E-state index contributed by atoms with van der Waals surface area (Å²) >= 11 is 4.51. The van der Waals surface area contributed by atoms with Gasteiger partial charge in [-0.1, -0.05) is 0 Å². The second-order valence-electron chi connectivity index (χ2n) is 3.63. The molecule has 7 heteroatoms. The van der Waals surface area contributed by atoms with Crippen LogP contribution in [0.5, 0.6) is 0 Å². The van der Waals surface area contributed by atoms with Crippen molar-refractivity contribution in [2.45, 2.75) is 12.6 Å². The Morgan fingerprint density at radius 1 is 1.47 bits per heavy atom. The maximum atomic E-state index is 12.0. The molecule has 1 aromatic heterocycles. The van der Waals surface area contributed by atoms with Gasteiger partial charge in [0.1, 0.15) is 0 Å². The summed E-state index contributed by atoms with van der Waals surface area (Å²) in [5.74, 6) is -0.162. The molecular formula is C10H11BrF3NOS. The Morgan fingerprint density at radius 2 is 2.12 bits per heavy atom. The number of alkyl halides is 3. The Kier molecular flexibility index (Phi) is 5.15. The summed E-state index contributed by atoms with van der Waals surface area (Å²) in [6.07, 6.45) is -5.08. The molecule has 0 aromatic carbocycles. The number of rotatable bonds is 5. The quantitative estimate of drug-likeness (QED) is 0.769. The van der Waals surface area contributed by atoms with Gasteiger partial charge in [-0.2, -0.15) is 13.2 Å². The number of nitrogens with zero attached hydrogens (tertiary/aromatic N) is 1. The number of likely N-dealkylation sites (N-methyl/N-ethyl adjacent to an activating group) is 1. The van der Waals surface area contributed by atoms with Gasteiger partial charge in [0, 0.05) is 6.54 Å². The topological polar surface area (TPSA) is 20.3 Å². The second-order valence-corrected chi connectivity index (χ2v) is 6.09. The number of hydrogen-bond donors (Lipinski definition) is 0. The fourth-order valence-electron chi connectivity index (χ4n) is 1.18. The molecule has 0 radical (unpaired) electrons. The van der Waals surface area contributed by atoms with E-state index in [4.69, 9.17) is 0 Å². The van der Waals surface area contributed by atoms with E-state index in [9.17, 15) is 18.0 Å². The van der Waals surface area contributed by atoms with Crippen LogP contribution in [-0.2, 0) is 0 Å². The van der Waals surface area contributed by atoms with Crippen LogP contribution in [0.2, 0.25) is 0 Å². The van der Waals surface area contributed by atoms with E-state index in [-0.39, 0.29) is 18.9 Å². The van der Waals surface area contributed by atoms with E-state index in [1.807, 2.05) is 0 Å². The average molecular weight is 330 g/mol. The van der Waals surface area contributed by atoms with Gasteiger partial charge in [0.05, 0.1) is 21.6 Å². The number of halogens is 4. The van der Waals surface area contributed by atoms with Gasteiger partial charge in [-0.05, 0) is 35.1 Å². The summed E-state index contributed by atoms with van der Waals surface area (Å²) in [4.78, 5) is 13.6. The Balaban J connectivity index is 2.41. The van der Waals surface area contributed by atoms with E-state index >= 15 is 0 Å². The Hall–Kier alpha value is -0.400. The third-order valence-corrected chi connectivity index (χ3v) is 3.70. The maximum Gasteiger partial charge on any atom is 0.390 e. The lowest BCUT2D eigenvalue weighted by molar-refractivity contribution is -0.137. The molecule has 2 nitrogen and oxygen atoms in total. The predicted octanol–water partition coefficient (Wildman–Crippen LogP) is 3.58. The van der Waals surface area contributed by atoms with Crippen LogP contribution in [0.25, 0.3) is 0 Å². The van der Waals surface area contributed by atoms with Gasteiger partial charge in [0.2, 0.25) is 0 Å².